The number of nitrogens with zero attached hydrogens (tertiary/aromatic N) is 1. The summed E-state index contributed by atoms with van der Waals surface area (Å²) in [6.45, 7) is 0.878. The fraction of sp³-hybridized carbons (Fsp3) is 0.714. The number of ether oxygens (including phenoxy) is 1. The van der Waals surface area contributed by atoms with Gasteiger partial charge in [0.15, 0.2) is 0 Å². The maximum absolute atomic E-state index is 9.70. The Morgan fingerprint density at radius 1 is 1.50 bits per heavy atom. The molecule has 0 amide bonds. The molecule has 5 nitrogen and oxygen atoms in total. The average Bonchev–Trinajstić information content (AvgIpc) is 2.10. The van der Waals surface area contributed by atoms with Gasteiger partial charge in [0.1, 0.15) is 5.84 Å². The quantitative estimate of drug-likeness (QED) is 0.147. The molecule has 0 radical (unpaired) electrons. The van der Waals surface area contributed by atoms with Crippen LogP contribution in [0, 0.1) is 0 Å². The normalized spacial score (nSPS) is 11.2. The zero-order valence-corrected chi connectivity index (χ0v) is 6.90. The fourth-order valence-corrected chi connectivity index (χ4v) is 0.766. The molecule has 0 saturated carbocycles. The topological polar surface area (TPSA) is 84.9 Å². The molecule has 0 bridgehead atoms. The second kappa shape index (κ2) is 7.84. The van der Waals surface area contributed by atoms with Crippen LogP contribution in [0.2, 0.25) is 0 Å². The Labute approximate surface area is 71.2 Å². The van der Waals surface area contributed by atoms with E-state index in [1.165, 1.54) is 0 Å². The first kappa shape index (κ1) is 10.7. The minimum Gasteiger partial charge on any atom is -0.468 e. The number of oxime groups is 1. The van der Waals surface area contributed by atoms with Crippen LogP contribution < -0.4 is 5.73 Å². The van der Waals surface area contributed by atoms with Crippen molar-refractivity contribution in [3.8, 4) is 0 Å². The summed E-state index contributed by atoms with van der Waals surface area (Å²) in [5, 5.41) is 11.0. The molecule has 0 atom stereocenters. The summed E-state index contributed by atoms with van der Waals surface area (Å²) in [7, 11) is 0. The zero-order chi connectivity index (χ0) is 9.23. The molecule has 70 valence electrons. The van der Waals surface area contributed by atoms with E-state index in [1.807, 2.05) is 0 Å². The van der Waals surface area contributed by atoms with Crippen LogP contribution in [0.25, 0.3) is 0 Å². The lowest BCUT2D eigenvalue weighted by Crippen LogP contribution is -2.10. The summed E-state index contributed by atoms with van der Waals surface area (Å²) in [5.41, 5.74) is 5.23. The molecular weight excluding hydrogens is 160 g/mol. The van der Waals surface area contributed by atoms with Crippen molar-refractivity contribution < 1.29 is 14.7 Å². The second-order valence-corrected chi connectivity index (χ2v) is 2.37. The number of hydrogen-bond donors (Lipinski definition) is 2. The predicted octanol–water partition coefficient (Wildman–Crippen LogP) is 0.466. The highest BCUT2D eigenvalue weighted by atomic mass is 16.5. The van der Waals surface area contributed by atoms with Crippen molar-refractivity contribution in [2.45, 2.75) is 25.7 Å². The summed E-state index contributed by atoms with van der Waals surface area (Å²) in [5.74, 6) is 0.242. The van der Waals surface area contributed by atoms with Crippen molar-refractivity contribution in [2.75, 3.05) is 6.61 Å². The van der Waals surface area contributed by atoms with E-state index in [1.54, 1.807) is 0 Å². The lowest BCUT2D eigenvalue weighted by molar-refractivity contribution is -0.128. The number of nitrogens with two attached hydrogens (primary N) is 1. The molecule has 0 aliphatic heterocycles. The number of carbonyl (C=O) groups is 1. The van der Waals surface area contributed by atoms with E-state index >= 15 is 0 Å². The van der Waals surface area contributed by atoms with Gasteiger partial charge in [0.25, 0.3) is 6.47 Å². The van der Waals surface area contributed by atoms with Gasteiger partial charge < -0.3 is 15.7 Å². The fourth-order valence-electron chi connectivity index (χ4n) is 0.766. The van der Waals surface area contributed by atoms with Gasteiger partial charge >= 0.3 is 0 Å². The van der Waals surface area contributed by atoms with E-state index in [2.05, 4.69) is 9.89 Å². The zero-order valence-electron chi connectivity index (χ0n) is 6.90. The number of unbranched alkanes of at least 4 members (excludes halogenated alkanes) is 2. The Balaban J connectivity index is 3.05. The molecule has 3 N–H and O–H groups in total. The van der Waals surface area contributed by atoms with Gasteiger partial charge in [-0.2, -0.15) is 0 Å². The molecule has 0 heterocycles. The Morgan fingerprint density at radius 2 is 2.25 bits per heavy atom. The molecule has 0 spiro atoms. The summed E-state index contributed by atoms with van der Waals surface area (Å²) in [6.07, 6.45) is 3.15. The Bertz CT molecular complexity index is 148. The maximum Gasteiger partial charge on any atom is 0.293 e. The Morgan fingerprint density at radius 3 is 2.83 bits per heavy atom. The van der Waals surface area contributed by atoms with Crippen molar-refractivity contribution in [1.82, 2.24) is 0 Å². The van der Waals surface area contributed by atoms with Crippen LogP contribution in [0.5, 0.6) is 0 Å². The third-order valence-corrected chi connectivity index (χ3v) is 1.39. The van der Waals surface area contributed by atoms with E-state index < -0.39 is 0 Å². The first-order valence-corrected chi connectivity index (χ1v) is 3.83. The van der Waals surface area contributed by atoms with E-state index in [-0.39, 0.29) is 5.84 Å². The molecule has 0 fully saturated rings. The molecule has 0 aromatic rings. The van der Waals surface area contributed by atoms with E-state index in [9.17, 15) is 4.79 Å². The van der Waals surface area contributed by atoms with Crippen LogP contribution in [-0.2, 0) is 9.53 Å². The van der Waals surface area contributed by atoms with Gasteiger partial charge in [-0.15, -0.1) is 0 Å². The lowest BCUT2D eigenvalue weighted by atomic mass is 10.2. The van der Waals surface area contributed by atoms with Crippen molar-refractivity contribution in [3.63, 3.8) is 0 Å². The Kier molecular flexibility index (Phi) is 7.02. The lowest BCUT2D eigenvalue weighted by Gasteiger charge is -1.98. The van der Waals surface area contributed by atoms with Crippen LogP contribution in [0.4, 0.5) is 0 Å². The van der Waals surface area contributed by atoms with Crippen LogP contribution >= 0.6 is 0 Å². The molecule has 0 saturated heterocycles. The van der Waals surface area contributed by atoms with Crippen LogP contribution in [0.3, 0.4) is 0 Å². The largest absolute Gasteiger partial charge is 0.468 e. The molecule has 0 unspecified atom stereocenters. The molecule has 0 aliphatic rings. The van der Waals surface area contributed by atoms with Crippen LogP contribution in [0.15, 0.2) is 5.16 Å². The molecular formula is C7H14N2O3. The minimum absolute atomic E-state index is 0.242. The van der Waals surface area contributed by atoms with Gasteiger partial charge in [0.2, 0.25) is 0 Å². The Hall–Kier alpha value is -1.26. The predicted molar refractivity (Wildman–Crippen MR) is 43.9 cm³/mol. The van der Waals surface area contributed by atoms with Crippen LogP contribution in [0.1, 0.15) is 25.7 Å². The van der Waals surface area contributed by atoms with Crippen molar-refractivity contribution in [3.05, 3.63) is 0 Å². The van der Waals surface area contributed by atoms with Gasteiger partial charge in [0, 0.05) is 6.42 Å². The molecule has 0 aliphatic carbocycles. The smallest absolute Gasteiger partial charge is 0.293 e. The third kappa shape index (κ3) is 6.85. The minimum atomic E-state index is 0.242. The average molecular weight is 174 g/mol. The third-order valence-electron chi connectivity index (χ3n) is 1.39. The van der Waals surface area contributed by atoms with Gasteiger partial charge in [-0.1, -0.05) is 5.16 Å². The monoisotopic (exact) mass is 174 g/mol. The standard InChI is InChI=1S/C7H14N2O3/c8-7(9-11)4-2-1-3-5-12-6-10/h6,11H,1-5H2,(H2,8,9). The highest BCUT2D eigenvalue weighted by Gasteiger charge is 1.93. The van der Waals surface area contributed by atoms with Crippen molar-refractivity contribution in [1.29, 1.82) is 0 Å². The van der Waals surface area contributed by atoms with E-state index in [4.69, 9.17) is 10.9 Å². The molecule has 0 aromatic carbocycles. The summed E-state index contributed by atoms with van der Waals surface area (Å²) in [6, 6.07) is 0. The van der Waals surface area contributed by atoms with Gasteiger partial charge in [-0.05, 0) is 19.3 Å². The second-order valence-electron chi connectivity index (χ2n) is 2.37. The molecule has 5 heteroatoms. The van der Waals surface area contributed by atoms with Gasteiger partial charge in [0.05, 0.1) is 6.61 Å². The van der Waals surface area contributed by atoms with Crippen LogP contribution in [-0.4, -0.2) is 24.1 Å². The first-order chi connectivity index (χ1) is 5.81. The number of carbonyl (C=O) groups excluding carboxylic acids is 1. The SMILES string of the molecule is N/C(CCCCCOC=O)=N\O. The van der Waals surface area contributed by atoms with Gasteiger partial charge in [-0.25, -0.2) is 0 Å². The summed E-state index contributed by atoms with van der Waals surface area (Å²) in [4.78, 5) is 9.70. The maximum atomic E-state index is 9.70. The number of rotatable bonds is 7. The van der Waals surface area contributed by atoms with Gasteiger partial charge in [-0.3, -0.25) is 4.79 Å². The molecule has 12 heavy (non-hydrogen) atoms. The van der Waals surface area contributed by atoms with E-state index in [0.717, 1.165) is 19.3 Å². The molecule has 0 rings (SSSR count). The highest BCUT2D eigenvalue weighted by molar-refractivity contribution is 5.79. The van der Waals surface area contributed by atoms with Crippen molar-refractivity contribution >= 4 is 12.3 Å². The molecule has 0 aromatic heterocycles. The summed E-state index contributed by atoms with van der Waals surface area (Å²) < 4.78 is 4.48. The summed E-state index contributed by atoms with van der Waals surface area (Å²) >= 11 is 0. The van der Waals surface area contributed by atoms with Crippen molar-refractivity contribution in [2.24, 2.45) is 10.9 Å². The highest BCUT2D eigenvalue weighted by Crippen LogP contribution is 1.99. The van der Waals surface area contributed by atoms with E-state index in [0.29, 0.717) is 19.5 Å². The number of amidine groups is 1. The first-order valence-electron chi connectivity index (χ1n) is 3.83. The number of hydrogen-bond acceptors (Lipinski definition) is 4.